The predicted molar refractivity (Wildman–Crippen MR) is 70.6 cm³/mol. The van der Waals surface area contributed by atoms with Gasteiger partial charge in [-0.25, -0.2) is 0 Å². The molecule has 2 heterocycles. The number of likely N-dealkylation sites (tertiary alicyclic amines) is 1. The Labute approximate surface area is 104 Å². The third-order valence-corrected chi connectivity index (χ3v) is 3.95. The molecule has 0 saturated carbocycles. The summed E-state index contributed by atoms with van der Waals surface area (Å²) in [6.07, 6.45) is 5.02. The highest BCUT2D eigenvalue weighted by molar-refractivity contribution is 5.16. The zero-order valence-electron chi connectivity index (χ0n) is 10.8. The molecule has 1 fully saturated rings. The van der Waals surface area contributed by atoms with Gasteiger partial charge in [0.2, 0.25) is 0 Å². The van der Waals surface area contributed by atoms with E-state index >= 15 is 0 Å². The van der Waals surface area contributed by atoms with E-state index in [1.54, 1.807) is 0 Å². The summed E-state index contributed by atoms with van der Waals surface area (Å²) in [5.74, 6) is 1.60. The van der Waals surface area contributed by atoms with Gasteiger partial charge in [-0.2, -0.15) is 0 Å². The minimum absolute atomic E-state index is 0.363. The molecule has 1 aromatic heterocycles. The number of nitrogens with two attached hydrogens (primary N) is 1. The molecule has 1 saturated heterocycles. The third kappa shape index (κ3) is 2.85. The number of hydrogen-bond donors (Lipinski definition) is 1. The largest absolute Gasteiger partial charge is 0.329 e. The highest BCUT2D eigenvalue weighted by Crippen LogP contribution is 2.30. The summed E-state index contributed by atoms with van der Waals surface area (Å²) in [5, 5.41) is 0. The maximum absolute atomic E-state index is 5.94. The van der Waals surface area contributed by atoms with E-state index in [4.69, 9.17) is 5.73 Å². The maximum atomic E-state index is 5.94. The Morgan fingerprint density at radius 3 is 2.65 bits per heavy atom. The number of nitrogens with zero attached hydrogens (tertiary/aromatic N) is 2. The molecule has 0 radical (unpaired) electrons. The monoisotopic (exact) mass is 233 g/mol. The van der Waals surface area contributed by atoms with Crippen LogP contribution in [-0.2, 0) is 0 Å². The van der Waals surface area contributed by atoms with Crippen LogP contribution in [0.1, 0.15) is 31.9 Å². The van der Waals surface area contributed by atoms with Crippen LogP contribution >= 0.6 is 0 Å². The molecule has 2 rings (SSSR count). The minimum Gasteiger partial charge on any atom is -0.329 e. The highest BCUT2D eigenvalue weighted by atomic mass is 15.2. The molecular formula is C14H23N3. The minimum atomic E-state index is 0.363. The van der Waals surface area contributed by atoms with Crippen LogP contribution in [-0.4, -0.2) is 29.5 Å². The highest BCUT2D eigenvalue weighted by Gasteiger charge is 2.29. The van der Waals surface area contributed by atoms with E-state index < -0.39 is 0 Å². The van der Waals surface area contributed by atoms with E-state index in [0.29, 0.717) is 12.6 Å². The standard InChI is InChI=1S/C14H23N3/c1-11(2)13-5-8-17(10-13)14(9-15)12-3-6-16-7-4-12/h3-4,6-7,11,13-14H,5,8-10,15H2,1-2H3. The quantitative estimate of drug-likeness (QED) is 0.865. The molecule has 17 heavy (non-hydrogen) atoms. The fraction of sp³-hybridized carbons (Fsp3) is 0.643. The fourth-order valence-corrected chi connectivity index (χ4v) is 2.72. The predicted octanol–water partition coefficient (Wildman–Crippen LogP) is 2.06. The molecule has 2 N–H and O–H groups in total. The van der Waals surface area contributed by atoms with Crippen LogP contribution in [0.25, 0.3) is 0 Å². The van der Waals surface area contributed by atoms with Crippen molar-refractivity contribution in [2.75, 3.05) is 19.6 Å². The first kappa shape index (κ1) is 12.5. The van der Waals surface area contributed by atoms with Gasteiger partial charge in [-0.05, 0) is 42.5 Å². The molecule has 1 aliphatic heterocycles. The Bertz CT molecular complexity index is 337. The topological polar surface area (TPSA) is 42.1 Å². The van der Waals surface area contributed by atoms with E-state index in [1.807, 2.05) is 12.4 Å². The van der Waals surface area contributed by atoms with Crippen molar-refractivity contribution in [1.29, 1.82) is 0 Å². The second-order valence-electron chi connectivity index (χ2n) is 5.32. The molecule has 2 unspecified atom stereocenters. The van der Waals surface area contributed by atoms with Crippen LogP contribution < -0.4 is 5.73 Å². The summed E-state index contributed by atoms with van der Waals surface area (Å²) >= 11 is 0. The normalized spacial score (nSPS) is 23.2. The summed E-state index contributed by atoms with van der Waals surface area (Å²) in [6.45, 7) is 7.68. The summed E-state index contributed by atoms with van der Waals surface area (Å²) in [4.78, 5) is 6.60. The van der Waals surface area contributed by atoms with Crippen molar-refractivity contribution in [2.45, 2.75) is 26.3 Å². The van der Waals surface area contributed by atoms with Gasteiger partial charge >= 0.3 is 0 Å². The molecule has 2 atom stereocenters. The van der Waals surface area contributed by atoms with Crippen LogP contribution in [0.15, 0.2) is 24.5 Å². The van der Waals surface area contributed by atoms with Crippen LogP contribution in [0, 0.1) is 11.8 Å². The molecule has 1 aliphatic rings. The lowest BCUT2D eigenvalue weighted by molar-refractivity contribution is 0.232. The van der Waals surface area contributed by atoms with Crippen molar-refractivity contribution >= 4 is 0 Å². The molecule has 0 bridgehead atoms. The SMILES string of the molecule is CC(C)C1CCN(C(CN)c2ccncc2)C1. The average Bonchev–Trinajstić information content (AvgIpc) is 2.81. The number of rotatable bonds is 4. The number of aromatic nitrogens is 1. The molecule has 3 nitrogen and oxygen atoms in total. The summed E-state index contributed by atoms with van der Waals surface area (Å²) < 4.78 is 0. The summed E-state index contributed by atoms with van der Waals surface area (Å²) in [5.41, 5.74) is 7.24. The Balaban J connectivity index is 2.06. The fourth-order valence-electron chi connectivity index (χ4n) is 2.72. The zero-order valence-corrected chi connectivity index (χ0v) is 10.8. The molecule has 0 aliphatic carbocycles. The van der Waals surface area contributed by atoms with Crippen molar-refractivity contribution in [3.63, 3.8) is 0 Å². The average molecular weight is 233 g/mol. The van der Waals surface area contributed by atoms with Crippen molar-refractivity contribution in [1.82, 2.24) is 9.88 Å². The van der Waals surface area contributed by atoms with Crippen LogP contribution in [0.5, 0.6) is 0 Å². The lowest BCUT2D eigenvalue weighted by Gasteiger charge is -2.27. The van der Waals surface area contributed by atoms with Gasteiger partial charge in [0, 0.05) is 31.5 Å². The maximum Gasteiger partial charge on any atom is 0.0471 e. The van der Waals surface area contributed by atoms with Crippen LogP contribution in [0.2, 0.25) is 0 Å². The molecule has 3 heteroatoms. The van der Waals surface area contributed by atoms with Gasteiger partial charge in [-0.3, -0.25) is 9.88 Å². The Kier molecular flexibility index (Phi) is 4.13. The van der Waals surface area contributed by atoms with Gasteiger partial charge in [-0.15, -0.1) is 0 Å². The number of hydrogen-bond acceptors (Lipinski definition) is 3. The molecule has 0 aromatic carbocycles. The van der Waals surface area contributed by atoms with E-state index in [9.17, 15) is 0 Å². The number of pyridine rings is 1. The lowest BCUT2D eigenvalue weighted by Crippen LogP contribution is -2.32. The van der Waals surface area contributed by atoms with Crippen molar-refractivity contribution < 1.29 is 0 Å². The zero-order chi connectivity index (χ0) is 12.3. The van der Waals surface area contributed by atoms with Crippen molar-refractivity contribution in [2.24, 2.45) is 17.6 Å². The molecule has 1 aromatic rings. The molecule has 0 spiro atoms. The molecule has 0 amide bonds. The van der Waals surface area contributed by atoms with E-state index in [1.165, 1.54) is 25.1 Å². The van der Waals surface area contributed by atoms with Crippen LogP contribution in [0.4, 0.5) is 0 Å². The van der Waals surface area contributed by atoms with Crippen LogP contribution in [0.3, 0.4) is 0 Å². The lowest BCUT2D eigenvalue weighted by atomic mass is 9.95. The third-order valence-electron chi connectivity index (χ3n) is 3.95. The van der Waals surface area contributed by atoms with Gasteiger partial charge in [0.1, 0.15) is 0 Å². The van der Waals surface area contributed by atoms with Gasteiger partial charge in [0.05, 0.1) is 0 Å². The molecule has 94 valence electrons. The second kappa shape index (κ2) is 5.61. The Morgan fingerprint density at radius 2 is 2.12 bits per heavy atom. The second-order valence-corrected chi connectivity index (χ2v) is 5.32. The van der Waals surface area contributed by atoms with E-state index in [-0.39, 0.29) is 0 Å². The Morgan fingerprint density at radius 1 is 1.41 bits per heavy atom. The van der Waals surface area contributed by atoms with E-state index in [0.717, 1.165) is 11.8 Å². The first-order chi connectivity index (χ1) is 8.22. The summed E-state index contributed by atoms with van der Waals surface area (Å²) in [6, 6.07) is 4.53. The van der Waals surface area contributed by atoms with Gasteiger partial charge in [0.25, 0.3) is 0 Å². The Hall–Kier alpha value is -0.930. The van der Waals surface area contributed by atoms with E-state index in [2.05, 4.69) is 35.9 Å². The van der Waals surface area contributed by atoms with Gasteiger partial charge < -0.3 is 5.73 Å². The van der Waals surface area contributed by atoms with Gasteiger partial charge in [0.15, 0.2) is 0 Å². The molecular weight excluding hydrogens is 210 g/mol. The van der Waals surface area contributed by atoms with Crippen molar-refractivity contribution in [3.8, 4) is 0 Å². The first-order valence-corrected chi connectivity index (χ1v) is 6.56. The van der Waals surface area contributed by atoms with Crippen molar-refractivity contribution in [3.05, 3.63) is 30.1 Å². The smallest absolute Gasteiger partial charge is 0.0471 e. The first-order valence-electron chi connectivity index (χ1n) is 6.56. The van der Waals surface area contributed by atoms with Gasteiger partial charge in [-0.1, -0.05) is 13.8 Å². The summed E-state index contributed by atoms with van der Waals surface area (Å²) in [7, 11) is 0.